The second kappa shape index (κ2) is 11.4. The highest BCUT2D eigenvalue weighted by molar-refractivity contribution is 14.0. The van der Waals surface area contributed by atoms with Gasteiger partial charge in [-0.05, 0) is 57.9 Å². The Bertz CT molecular complexity index is 783. The molecule has 0 bridgehead atoms. The van der Waals surface area contributed by atoms with E-state index < -0.39 is 5.60 Å². The average Bonchev–Trinajstić information content (AvgIpc) is 2.99. The lowest BCUT2D eigenvalue weighted by atomic mass is 9.96. The minimum absolute atomic E-state index is 0. The molecule has 0 fully saturated rings. The van der Waals surface area contributed by atoms with Gasteiger partial charge in [-0.3, -0.25) is 0 Å². The SMILES string of the molecule is CCNC(=NCC(C)(O)c1cc(C)oc1C)NCCc1ccc(N(C)C)cc1.I. The molecular formula is C22H35IN4O2. The molecule has 0 aliphatic heterocycles. The molecule has 1 aromatic heterocycles. The van der Waals surface area contributed by atoms with Crippen molar-refractivity contribution in [2.45, 2.75) is 39.7 Å². The maximum absolute atomic E-state index is 10.8. The third-order valence-electron chi connectivity index (χ3n) is 4.67. The van der Waals surface area contributed by atoms with Crippen molar-refractivity contribution >= 4 is 35.6 Å². The average molecular weight is 514 g/mol. The van der Waals surface area contributed by atoms with Gasteiger partial charge >= 0.3 is 0 Å². The van der Waals surface area contributed by atoms with Gasteiger partial charge in [0.05, 0.1) is 6.54 Å². The Morgan fingerprint density at radius 2 is 1.83 bits per heavy atom. The van der Waals surface area contributed by atoms with E-state index in [0.717, 1.165) is 36.6 Å². The molecule has 0 aliphatic rings. The first kappa shape index (κ1) is 25.3. The maximum Gasteiger partial charge on any atom is 0.191 e. The number of nitrogens with zero attached hydrogens (tertiary/aromatic N) is 2. The van der Waals surface area contributed by atoms with E-state index in [0.29, 0.717) is 5.96 Å². The number of guanidine groups is 1. The molecule has 0 saturated heterocycles. The summed E-state index contributed by atoms with van der Waals surface area (Å²) in [5, 5.41) is 17.4. The maximum atomic E-state index is 10.8. The van der Waals surface area contributed by atoms with E-state index >= 15 is 0 Å². The molecule has 0 aliphatic carbocycles. The molecule has 0 spiro atoms. The zero-order valence-electron chi connectivity index (χ0n) is 18.4. The van der Waals surface area contributed by atoms with Gasteiger partial charge in [0.1, 0.15) is 17.1 Å². The van der Waals surface area contributed by atoms with Crippen LogP contribution in [0.15, 0.2) is 39.7 Å². The zero-order chi connectivity index (χ0) is 20.7. The van der Waals surface area contributed by atoms with Gasteiger partial charge < -0.3 is 25.1 Å². The van der Waals surface area contributed by atoms with Gasteiger partial charge in [0.25, 0.3) is 0 Å². The first-order valence-corrected chi connectivity index (χ1v) is 9.81. The number of nitrogens with one attached hydrogen (secondary N) is 2. The fraction of sp³-hybridized carbons (Fsp3) is 0.500. The molecule has 3 N–H and O–H groups in total. The summed E-state index contributed by atoms with van der Waals surface area (Å²) in [6.45, 7) is 9.31. The molecular weight excluding hydrogens is 479 g/mol. The van der Waals surface area contributed by atoms with Crippen molar-refractivity contribution < 1.29 is 9.52 Å². The lowest BCUT2D eigenvalue weighted by Crippen LogP contribution is -2.39. The Hall–Kier alpha value is -1.74. The van der Waals surface area contributed by atoms with Crippen LogP contribution in [0.1, 0.15) is 36.5 Å². The van der Waals surface area contributed by atoms with Gasteiger partial charge in [0, 0.05) is 38.4 Å². The summed E-state index contributed by atoms with van der Waals surface area (Å²) in [6, 6.07) is 10.4. The third-order valence-corrected chi connectivity index (χ3v) is 4.67. The number of aliphatic imine (C=N–C) groups is 1. The number of rotatable bonds is 8. The van der Waals surface area contributed by atoms with Crippen molar-refractivity contribution in [2.24, 2.45) is 4.99 Å². The van der Waals surface area contributed by atoms with Crippen LogP contribution < -0.4 is 15.5 Å². The summed E-state index contributed by atoms with van der Waals surface area (Å²) in [5.74, 6) is 2.23. The second-order valence-corrected chi connectivity index (χ2v) is 7.53. The molecule has 0 radical (unpaired) electrons. The van der Waals surface area contributed by atoms with Crippen LogP contribution in [0.4, 0.5) is 5.69 Å². The number of benzene rings is 1. The Kier molecular flexibility index (Phi) is 9.98. The number of furan rings is 1. The van der Waals surface area contributed by atoms with Crippen molar-refractivity contribution in [1.82, 2.24) is 10.6 Å². The molecule has 0 amide bonds. The minimum Gasteiger partial charge on any atom is -0.466 e. The van der Waals surface area contributed by atoms with E-state index in [4.69, 9.17) is 4.42 Å². The van der Waals surface area contributed by atoms with Gasteiger partial charge in [-0.1, -0.05) is 12.1 Å². The highest BCUT2D eigenvalue weighted by Gasteiger charge is 2.27. The molecule has 1 aromatic carbocycles. The lowest BCUT2D eigenvalue weighted by Gasteiger charge is -2.21. The standard InChI is InChI=1S/C22H34N4O2.HI/c1-7-23-21(24-13-12-18-8-10-19(11-9-18)26(5)6)25-15-22(4,27)20-14-16(2)28-17(20)3;/h8-11,14,27H,7,12-13,15H2,1-6H3,(H2,23,24,25);1H. The van der Waals surface area contributed by atoms with Crippen LogP contribution in [-0.2, 0) is 12.0 Å². The molecule has 29 heavy (non-hydrogen) atoms. The Labute approximate surface area is 191 Å². The van der Waals surface area contributed by atoms with Crippen molar-refractivity contribution in [3.8, 4) is 0 Å². The zero-order valence-corrected chi connectivity index (χ0v) is 20.7. The van der Waals surface area contributed by atoms with Crippen molar-refractivity contribution in [3.63, 3.8) is 0 Å². The van der Waals surface area contributed by atoms with Crippen LogP contribution in [0.2, 0.25) is 0 Å². The number of aliphatic hydroxyl groups is 1. The van der Waals surface area contributed by atoms with Gasteiger partial charge in [-0.15, -0.1) is 24.0 Å². The van der Waals surface area contributed by atoms with Crippen LogP contribution >= 0.6 is 24.0 Å². The summed E-state index contributed by atoms with van der Waals surface area (Å²) in [5.41, 5.74) is 2.17. The summed E-state index contributed by atoms with van der Waals surface area (Å²) in [6.07, 6.45) is 0.897. The van der Waals surface area contributed by atoms with Crippen molar-refractivity contribution in [1.29, 1.82) is 0 Å². The Balaban J connectivity index is 0.00000420. The molecule has 6 nitrogen and oxygen atoms in total. The number of anilines is 1. The molecule has 7 heteroatoms. The van der Waals surface area contributed by atoms with E-state index in [1.807, 2.05) is 40.9 Å². The normalized spacial score (nSPS) is 13.4. The van der Waals surface area contributed by atoms with Crippen LogP contribution in [-0.4, -0.2) is 44.8 Å². The van der Waals surface area contributed by atoms with Gasteiger partial charge in [0.15, 0.2) is 5.96 Å². The van der Waals surface area contributed by atoms with Crippen LogP contribution in [0.3, 0.4) is 0 Å². The smallest absolute Gasteiger partial charge is 0.191 e. The Morgan fingerprint density at radius 3 is 2.34 bits per heavy atom. The highest BCUT2D eigenvalue weighted by atomic mass is 127. The summed E-state index contributed by atoms with van der Waals surface area (Å²) < 4.78 is 5.55. The molecule has 2 aromatic rings. The van der Waals surface area contributed by atoms with Crippen LogP contribution in [0, 0.1) is 13.8 Å². The lowest BCUT2D eigenvalue weighted by molar-refractivity contribution is 0.0657. The fourth-order valence-corrected chi connectivity index (χ4v) is 3.11. The van der Waals surface area contributed by atoms with E-state index in [1.165, 1.54) is 11.3 Å². The molecule has 162 valence electrons. The molecule has 0 saturated carbocycles. The summed E-state index contributed by atoms with van der Waals surface area (Å²) in [4.78, 5) is 6.67. The quantitative estimate of drug-likeness (QED) is 0.286. The number of halogens is 1. The van der Waals surface area contributed by atoms with Crippen molar-refractivity contribution in [3.05, 3.63) is 53.0 Å². The molecule has 2 rings (SSSR count). The first-order valence-electron chi connectivity index (χ1n) is 9.81. The molecule has 1 heterocycles. The minimum atomic E-state index is -1.08. The van der Waals surface area contributed by atoms with E-state index in [-0.39, 0.29) is 30.5 Å². The Morgan fingerprint density at radius 1 is 1.17 bits per heavy atom. The summed E-state index contributed by atoms with van der Waals surface area (Å²) >= 11 is 0. The van der Waals surface area contributed by atoms with Gasteiger partial charge in [-0.25, -0.2) is 4.99 Å². The fourth-order valence-electron chi connectivity index (χ4n) is 3.11. The van der Waals surface area contributed by atoms with Gasteiger partial charge in [-0.2, -0.15) is 0 Å². The predicted octanol–water partition coefficient (Wildman–Crippen LogP) is 3.59. The molecule has 1 atom stereocenters. The first-order chi connectivity index (χ1) is 13.2. The van der Waals surface area contributed by atoms with Crippen molar-refractivity contribution in [2.75, 3.05) is 38.6 Å². The molecule has 1 unspecified atom stereocenters. The van der Waals surface area contributed by atoms with Gasteiger partial charge in [0.2, 0.25) is 0 Å². The third kappa shape index (κ3) is 7.54. The summed E-state index contributed by atoms with van der Waals surface area (Å²) in [7, 11) is 4.08. The number of hydrogen-bond acceptors (Lipinski definition) is 4. The van der Waals surface area contributed by atoms with E-state index in [9.17, 15) is 5.11 Å². The topological polar surface area (TPSA) is 73.0 Å². The second-order valence-electron chi connectivity index (χ2n) is 7.53. The van der Waals surface area contributed by atoms with E-state index in [2.05, 4.69) is 44.8 Å². The van der Waals surface area contributed by atoms with E-state index in [1.54, 1.807) is 6.92 Å². The predicted molar refractivity (Wildman–Crippen MR) is 132 cm³/mol. The highest BCUT2D eigenvalue weighted by Crippen LogP contribution is 2.27. The number of hydrogen-bond donors (Lipinski definition) is 3. The van der Waals surface area contributed by atoms with Crippen LogP contribution in [0.5, 0.6) is 0 Å². The largest absolute Gasteiger partial charge is 0.466 e. The number of aryl methyl sites for hydroxylation is 2. The van der Waals surface area contributed by atoms with Crippen LogP contribution in [0.25, 0.3) is 0 Å². The monoisotopic (exact) mass is 514 g/mol.